The molecule has 0 unspecified atom stereocenters. The number of nitrogens with zero attached hydrogens (tertiary/aromatic N) is 3. The normalized spacial score (nSPS) is 16.6. The number of aromatic nitrogens is 2. The van der Waals surface area contributed by atoms with E-state index in [0.29, 0.717) is 35.5 Å². The molecule has 5 nitrogen and oxygen atoms in total. The van der Waals surface area contributed by atoms with E-state index in [1.165, 1.54) is 12.1 Å². The molecule has 0 bridgehead atoms. The van der Waals surface area contributed by atoms with Crippen molar-refractivity contribution in [1.29, 1.82) is 0 Å². The van der Waals surface area contributed by atoms with Crippen LogP contribution in [0.3, 0.4) is 0 Å². The number of oxime groups is 1. The van der Waals surface area contributed by atoms with Crippen LogP contribution in [-0.4, -0.2) is 25.8 Å². The highest BCUT2D eigenvalue weighted by Gasteiger charge is 2.25. The van der Waals surface area contributed by atoms with Crippen LogP contribution < -0.4 is 0 Å². The van der Waals surface area contributed by atoms with Crippen molar-refractivity contribution >= 4 is 5.71 Å². The molecule has 0 fully saturated rings. The molecule has 0 radical (unpaired) electrons. The summed E-state index contributed by atoms with van der Waals surface area (Å²) in [5, 5.41) is 22.3. The van der Waals surface area contributed by atoms with Gasteiger partial charge in [0.25, 0.3) is 0 Å². The van der Waals surface area contributed by atoms with Gasteiger partial charge in [0.15, 0.2) is 5.82 Å². The lowest BCUT2D eigenvalue weighted by atomic mass is 9.99. The minimum absolute atomic E-state index is 0.257. The minimum Gasteiger partial charge on any atom is -0.427 e. The topological polar surface area (TPSA) is 70.6 Å². The van der Waals surface area contributed by atoms with Gasteiger partial charge < -0.3 is 10.4 Å². The maximum atomic E-state index is 13.2. The lowest BCUT2D eigenvalue weighted by Gasteiger charge is -2.11. The van der Waals surface area contributed by atoms with Gasteiger partial charge >= 0.3 is 0 Å². The summed E-state index contributed by atoms with van der Waals surface area (Å²) in [6, 6.07) is 5.85. The Hall–Kier alpha value is -2.37. The number of halogens is 1. The molecule has 0 atom stereocenters. The van der Waals surface area contributed by atoms with Crippen molar-refractivity contribution < 1.29 is 14.8 Å². The number of benzene rings is 1. The van der Waals surface area contributed by atoms with E-state index in [0.717, 1.165) is 11.2 Å². The van der Waals surface area contributed by atoms with E-state index in [1.807, 2.05) is 0 Å². The van der Waals surface area contributed by atoms with E-state index < -0.39 is 5.82 Å². The van der Waals surface area contributed by atoms with Crippen LogP contribution in [0.5, 0.6) is 0 Å². The van der Waals surface area contributed by atoms with E-state index in [9.17, 15) is 9.60 Å². The third-order valence-corrected chi connectivity index (χ3v) is 3.25. The van der Waals surface area contributed by atoms with Gasteiger partial charge in [-0.3, -0.25) is 0 Å². The Labute approximate surface area is 108 Å². The molecule has 6 heteroatoms. The highest BCUT2D eigenvalue weighted by Crippen LogP contribution is 2.27. The fraction of sp³-hybridized carbons (Fsp3) is 0.231. The first-order valence-electron chi connectivity index (χ1n) is 5.99. The predicted octanol–water partition coefficient (Wildman–Crippen LogP) is 2.44. The third-order valence-electron chi connectivity index (χ3n) is 3.25. The van der Waals surface area contributed by atoms with E-state index in [2.05, 4.69) is 10.1 Å². The summed E-state index contributed by atoms with van der Waals surface area (Å²) in [4.78, 5) is 4.27. The van der Waals surface area contributed by atoms with Crippen molar-refractivity contribution in [3.8, 4) is 11.4 Å². The summed E-state index contributed by atoms with van der Waals surface area (Å²) in [6.45, 7) is 0. The summed E-state index contributed by atoms with van der Waals surface area (Å²) in [7, 11) is 0. The lowest BCUT2D eigenvalue weighted by Crippen LogP contribution is -2.13. The van der Waals surface area contributed by atoms with Gasteiger partial charge in [-0.2, -0.15) is 4.73 Å². The number of hydrogen-bond acceptors (Lipinski definition) is 4. The highest BCUT2D eigenvalue weighted by atomic mass is 19.1. The SMILES string of the molecule is ON=C1CCCc2c1nc(-c1cccc(F)c1)n2O. The van der Waals surface area contributed by atoms with Crippen LogP contribution in [0, 0.1) is 5.82 Å². The highest BCUT2D eigenvalue weighted by molar-refractivity contribution is 6.00. The second kappa shape index (κ2) is 4.38. The summed E-state index contributed by atoms with van der Waals surface area (Å²) in [6.07, 6.45) is 2.04. The molecule has 1 aliphatic carbocycles. The lowest BCUT2D eigenvalue weighted by molar-refractivity contribution is 0.181. The molecule has 0 amide bonds. The molecular formula is C13H12FN3O2. The molecule has 0 aliphatic heterocycles. The van der Waals surface area contributed by atoms with Gasteiger partial charge in [0.1, 0.15) is 17.2 Å². The quantitative estimate of drug-likeness (QED) is 0.470. The zero-order valence-electron chi connectivity index (χ0n) is 10.0. The second-order valence-electron chi connectivity index (χ2n) is 4.45. The Balaban J connectivity index is 2.17. The summed E-state index contributed by atoms with van der Waals surface area (Å²) in [5.41, 5.74) is 2.01. The van der Waals surface area contributed by atoms with Crippen LogP contribution in [-0.2, 0) is 6.42 Å². The van der Waals surface area contributed by atoms with Crippen molar-refractivity contribution in [2.75, 3.05) is 0 Å². The van der Waals surface area contributed by atoms with E-state index >= 15 is 0 Å². The van der Waals surface area contributed by atoms with Crippen LogP contribution in [0.2, 0.25) is 0 Å². The first kappa shape index (κ1) is 11.7. The Morgan fingerprint density at radius 3 is 2.89 bits per heavy atom. The molecule has 0 saturated carbocycles. The van der Waals surface area contributed by atoms with Crippen molar-refractivity contribution in [3.63, 3.8) is 0 Å². The Morgan fingerprint density at radius 1 is 1.32 bits per heavy atom. The van der Waals surface area contributed by atoms with Gasteiger partial charge in [-0.1, -0.05) is 17.3 Å². The number of rotatable bonds is 1. The van der Waals surface area contributed by atoms with E-state index in [4.69, 9.17) is 5.21 Å². The van der Waals surface area contributed by atoms with Gasteiger partial charge in [0.05, 0.1) is 5.69 Å². The van der Waals surface area contributed by atoms with Gasteiger partial charge in [0, 0.05) is 5.56 Å². The largest absolute Gasteiger partial charge is 0.427 e. The first-order chi connectivity index (χ1) is 9.20. The third kappa shape index (κ3) is 1.85. The van der Waals surface area contributed by atoms with Crippen molar-refractivity contribution in [2.45, 2.75) is 19.3 Å². The molecule has 0 spiro atoms. The minimum atomic E-state index is -0.394. The fourth-order valence-electron chi connectivity index (χ4n) is 2.35. The molecule has 3 rings (SSSR count). The standard InChI is InChI=1S/C13H12FN3O2/c14-9-4-1-3-8(7-9)13-15-12-10(16-18)5-2-6-11(12)17(13)19/h1,3-4,7,18-19H,2,5-6H2. The molecule has 1 aromatic carbocycles. The van der Waals surface area contributed by atoms with Gasteiger partial charge in [0.2, 0.25) is 0 Å². The zero-order valence-corrected chi connectivity index (χ0v) is 10.0. The summed E-state index contributed by atoms with van der Waals surface area (Å²) >= 11 is 0. The molecule has 1 aliphatic rings. The molecule has 2 N–H and O–H groups in total. The average Bonchev–Trinajstić information content (AvgIpc) is 2.76. The van der Waals surface area contributed by atoms with Crippen LogP contribution >= 0.6 is 0 Å². The molecule has 2 aromatic rings. The van der Waals surface area contributed by atoms with Gasteiger partial charge in [-0.25, -0.2) is 9.37 Å². The number of fused-ring (bicyclic) bond motifs is 1. The van der Waals surface area contributed by atoms with Crippen molar-refractivity contribution in [3.05, 3.63) is 41.5 Å². The Bertz CT molecular complexity index is 664. The maximum Gasteiger partial charge on any atom is 0.176 e. The van der Waals surface area contributed by atoms with Crippen LogP contribution in [0.4, 0.5) is 4.39 Å². The van der Waals surface area contributed by atoms with Gasteiger partial charge in [-0.05, 0) is 31.4 Å². The maximum absolute atomic E-state index is 13.2. The van der Waals surface area contributed by atoms with E-state index in [-0.39, 0.29) is 5.82 Å². The van der Waals surface area contributed by atoms with Crippen molar-refractivity contribution in [1.82, 2.24) is 9.71 Å². The summed E-state index contributed by atoms with van der Waals surface area (Å²) in [5.74, 6) is -0.137. The number of imidazole rings is 1. The monoisotopic (exact) mass is 261 g/mol. The molecule has 1 heterocycles. The second-order valence-corrected chi connectivity index (χ2v) is 4.45. The van der Waals surface area contributed by atoms with Gasteiger partial charge in [-0.15, -0.1) is 0 Å². The van der Waals surface area contributed by atoms with Crippen LogP contribution in [0.1, 0.15) is 24.2 Å². The predicted molar refractivity (Wildman–Crippen MR) is 66.1 cm³/mol. The average molecular weight is 261 g/mol. The van der Waals surface area contributed by atoms with Crippen LogP contribution in [0.25, 0.3) is 11.4 Å². The Morgan fingerprint density at radius 2 is 2.16 bits per heavy atom. The zero-order chi connectivity index (χ0) is 13.4. The molecular weight excluding hydrogens is 249 g/mol. The Kier molecular flexibility index (Phi) is 2.70. The molecule has 98 valence electrons. The van der Waals surface area contributed by atoms with Crippen LogP contribution in [0.15, 0.2) is 29.4 Å². The summed E-state index contributed by atoms with van der Waals surface area (Å²) < 4.78 is 14.2. The molecule has 0 saturated heterocycles. The molecule has 1 aromatic heterocycles. The van der Waals surface area contributed by atoms with E-state index in [1.54, 1.807) is 12.1 Å². The fourth-order valence-corrected chi connectivity index (χ4v) is 2.35. The number of hydrogen-bond donors (Lipinski definition) is 2. The molecule has 19 heavy (non-hydrogen) atoms. The van der Waals surface area contributed by atoms with Crippen molar-refractivity contribution in [2.24, 2.45) is 5.16 Å². The first-order valence-corrected chi connectivity index (χ1v) is 5.99. The smallest absolute Gasteiger partial charge is 0.176 e.